The van der Waals surface area contributed by atoms with Gasteiger partial charge in [0, 0.05) is 55.4 Å². The van der Waals surface area contributed by atoms with Crippen LogP contribution in [0, 0.1) is 17.2 Å². The molecule has 482 valence electrons. The summed E-state index contributed by atoms with van der Waals surface area (Å²) in [5, 5.41) is 17.2. The fourth-order valence-corrected chi connectivity index (χ4v) is 11.1. The molecule has 27 heteroatoms. The summed E-state index contributed by atoms with van der Waals surface area (Å²) in [6, 6.07) is 30.5. The summed E-state index contributed by atoms with van der Waals surface area (Å²) in [5.41, 5.74) is -0.790. The molecule has 2 heterocycles. The number of aromatic amines is 1. The standard InChI is InChI=1S/C63H76F3N10O13P/c1-40(2)56(78)73-61-72-55-54(58(80)74-61)70-47(37-69-55)38-75(60(82)63(64,65)66)48-23-17-43(18-24-48)57(79)71-52(59(81)85-9)29-30-53(77)68-33-14-34-86-36-31-51(89-90(88-35-13-32-67)76(41(3)4)42(5)6)39-87-62(44-15-11-10-12-16-44,45-19-25-49(83-7)26-20-45)46-21-27-50(84-8)28-22-46/h10-12,15-28,37,40-42,51-52H,13-14,29-31,33-36,38-39H2,1-9H3,(H,68,77)(H,71,79)(H2,69,72,73,74,78,80)/t51-,52?,90?/m1/s1. The van der Waals surface area contributed by atoms with Gasteiger partial charge in [-0.3, -0.25) is 39.2 Å². The first kappa shape index (κ1) is 70.6. The average Bonchev–Trinajstić information content (AvgIpc) is 0.788. The van der Waals surface area contributed by atoms with Gasteiger partial charge in [0.05, 0.1) is 71.6 Å². The third kappa shape index (κ3) is 19.5. The SMILES string of the molecule is COC(=O)C(CCC(=O)NCCCOCC[C@H](COC(c1ccccc1)(c1ccc(OC)cc1)c1ccc(OC)cc1)OP(OCCC#N)N(C(C)C)C(C)C)NC(=O)c1ccc(N(Cc2cnc3nc(NC(=O)C(C)C)[nH]c(=O)c3n2)C(=O)C(F)(F)F)cc1. The van der Waals surface area contributed by atoms with Crippen molar-refractivity contribution in [1.82, 2.24) is 35.2 Å². The van der Waals surface area contributed by atoms with E-state index in [1.54, 1.807) is 28.1 Å². The summed E-state index contributed by atoms with van der Waals surface area (Å²) < 4.78 is 86.8. The number of esters is 1. The zero-order chi connectivity index (χ0) is 65.5. The molecule has 0 radical (unpaired) electrons. The van der Waals surface area contributed by atoms with E-state index < -0.39 is 80.1 Å². The number of halogens is 3. The van der Waals surface area contributed by atoms with Gasteiger partial charge in [-0.05, 0) is 112 Å². The number of carbonyl (C=O) groups excluding carboxylic acids is 5. The number of H-pyrrole nitrogens is 1. The minimum absolute atomic E-state index is 0.0152. The van der Waals surface area contributed by atoms with Crippen LogP contribution in [0.1, 0.15) is 106 Å². The van der Waals surface area contributed by atoms with Gasteiger partial charge >= 0.3 is 18.1 Å². The highest BCUT2D eigenvalue weighted by atomic mass is 31.2. The first-order valence-electron chi connectivity index (χ1n) is 29.1. The number of nitrogens with one attached hydrogen (secondary N) is 4. The summed E-state index contributed by atoms with van der Waals surface area (Å²) in [5.74, 6) is -4.24. The molecule has 4 amide bonds. The lowest BCUT2D eigenvalue weighted by Crippen LogP contribution is -2.42. The van der Waals surface area contributed by atoms with Crippen LogP contribution in [0.4, 0.5) is 24.8 Å². The van der Waals surface area contributed by atoms with E-state index in [1.165, 1.54) is 0 Å². The molecule has 2 aromatic heterocycles. The number of aromatic nitrogens is 4. The van der Waals surface area contributed by atoms with Crippen molar-refractivity contribution in [3.8, 4) is 17.6 Å². The van der Waals surface area contributed by atoms with Crippen LogP contribution in [0.5, 0.6) is 11.5 Å². The van der Waals surface area contributed by atoms with Crippen molar-refractivity contribution >= 4 is 60.9 Å². The largest absolute Gasteiger partial charge is 0.497 e. The smallest absolute Gasteiger partial charge is 0.471 e. The second-order valence-electron chi connectivity index (χ2n) is 21.3. The highest BCUT2D eigenvalue weighted by Gasteiger charge is 2.44. The molecular formula is C63H76F3N10O13P. The van der Waals surface area contributed by atoms with Crippen LogP contribution in [-0.2, 0) is 54.6 Å². The Kier molecular flexibility index (Phi) is 26.6. The van der Waals surface area contributed by atoms with Crippen LogP contribution >= 0.6 is 8.53 Å². The maximum absolute atomic E-state index is 14.0. The van der Waals surface area contributed by atoms with Crippen LogP contribution in [0.2, 0.25) is 0 Å². The van der Waals surface area contributed by atoms with E-state index in [9.17, 15) is 47.2 Å². The molecule has 0 aliphatic carbocycles. The van der Waals surface area contributed by atoms with E-state index in [2.05, 4.69) is 74.3 Å². The van der Waals surface area contributed by atoms with Gasteiger partial charge in [0.15, 0.2) is 11.2 Å². The molecule has 23 nitrogen and oxygen atoms in total. The number of hydrogen-bond donors (Lipinski definition) is 4. The number of nitriles is 1. The molecule has 4 N–H and O–H groups in total. The fourth-order valence-electron chi connectivity index (χ4n) is 9.33. The third-order valence-corrected chi connectivity index (χ3v) is 16.0. The molecule has 0 bridgehead atoms. The van der Waals surface area contributed by atoms with Gasteiger partial charge in [-0.1, -0.05) is 68.4 Å². The van der Waals surface area contributed by atoms with Crippen LogP contribution in [0.15, 0.2) is 114 Å². The van der Waals surface area contributed by atoms with Gasteiger partial charge < -0.3 is 43.4 Å². The molecule has 3 atom stereocenters. The summed E-state index contributed by atoms with van der Waals surface area (Å²) in [7, 11) is 2.59. The minimum atomic E-state index is -5.36. The Labute approximate surface area is 521 Å². The maximum atomic E-state index is 14.0. The Balaban J connectivity index is 1.08. The Hall–Kier alpha value is -8.44. The fraction of sp³-hybridized carbons (Fsp3) is 0.429. The average molecular weight is 1270 g/mol. The second-order valence-corrected chi connectivity index (χ2v) is 22.7. The Morgan fingerprint density at radius 3 is 1.97 bits per heavy atom. The summed E-state index contributed by atoms with van der Waals surface area (Å²) in [4.78, 5) is 92.1. The molecule has 0 aliphatic heterocycles. The second kappa shape index (κ2) is 33.9. The highest BCUT2D eigenvalue weighted by molar-refractivity contribution is 7.44. The predicted octanol–water partition coefficient (Wildman–Crippen LogP) is 9.05. The van der Waals surface area contributed by atoms with Crippen LogP contribution in [0.25, 0.3) is 11.2 Å². The first-order valence-corrected chi connectivity index (χ1v) is 30.2. The molecule has 6 rings (SSSR count). The molecule has 6 aromatic rings. The van der Waals surface area contributed by atoms with Crippen LogP contribution in [-0.4, -0.2) is 139 Å². The van der Waals surface area contributed by atoms with Crippen molar-refractivity contribution < 1.29 is 69.9 Å². The van der Waals surface area contributed by atoms with E-state index in [-0.39, 0.29) is 98.4 Å². The quantitative estimate of drug-likeness (QED) is 0.0127. The molecule has 0 fully saturated rings. The number of alkyl halides is 3. The van der Waals surface area contributed by atoms with E-state index in [1.807, 2.05) is 78.9 Å². The Bertz CT molecular complexity index is 3370. The topological polar surface area (TPSA) is 288 Å². The summed E-state index contributed by atoms with van der Waals surface area (Å²) in [6.07, 6.45) is -4.46. The molecule has 0 spiro atoms. The van der Waals surface area contributed by atoms with Crippen molar-refractivity contribution in [2.24, 2.45) is 5.92 Å². The molecule has 0 saturated carbocycles. The molecular weight excluding hydrogens is 1190 g/mol. The van der Waals surface area contributed by atoms with E-state index >= 15 is 0 Å². The maximum Gasteiger partial charge on any atom is 0.471 e. The lowest BCUT2D eigenvalue weighted by molar-refractivity contribution is -0.170. The van der Waals surface area contributed by atoms with Crippen molar-refractivity contribution in [1.29, 1.82) is 5.26 Å². The van der Waals surface area contributed by atoms with Crippen molar-refractivity contribution in [2.45, 2.75) is 116 Å². The normalized spacial score (nSPS) is 12.7. The van der Waals surface area contributed by atoms with Gasteiger partial charge in [0.25, 0.3) is 20.0 Å². The van der Waals surface area contributed by atoms with Gasteiger partial charge in [-0.2, -0.15) is 23.4 Å². The minimum Gasteiger partial charge on any atom is -0.497 e. The van der Waals surface area contributed by atoms with E-state index in [0.29, 0.717) is 29.2 Å². The molecule has 2 unspecified atom stereocenters. The summed E-state index contributed by atoms with van der Waals surface area (Å²) in [6.45, 7) is 11.5. The lowest BCUT2D eigenvalue weighted by Gasteiger charge is -2.39. The number of benzene rings is 4. The third-order valence-electron chi connectivity index (χ3n) is 13.9. The molecule has 0 saturated heterocycles. The number of hydrogen-bond acceptors (Lipinski definition) is 18. The monoisotopic (exact) mass is 1270 g/mol. The van der Waals surface area contributed by atoms with Gasteiger partial charge in [-0.25, -0.2) is 19.4 Å². The Morgan fingerprint density at radius 2 is 1.40 bits per heavy atom. The predicted molar refractivity (Wildman–Crippen MR) is 329 cm³/mol. The zero-order valence-corrected chi connectivity index (χ0v) is 52.5. The lowest BCUT2D eigenvalue weighted by atomic mass is 9.80. The van der Waals surface area contributed by atoms with Crippen molar-refractivity contribution in [2.75, 3.05) is 64.5 Å². The number of fused-ring (bicyclic) bond motifs is 1. The number of carbonyl (C=O) groups is 5. The van der Waals surface area contributed by atoms with E-state index in [4.69, 9.17) is 32.7 Å². The van der Waals surface area contributed by atoms with Crippen LogP contribution in [0.3, 0.4) is 0 Å². The van der Waals surface area contributed by atoms with Crippen molar-refractivity contribution in [3.63, 3.8) is 0 Å². The Morgan fingerprint density at radius 1 is 0.778 bits per heavy atom. The number of nitrogens with zero attached hydrogens (tertiary/aromatic N) is 6. The molecule has 0 aliphatic rings. The molecule has 90 heavy (non-hydrogen) atoms. The number of rotatable bonds is 34. The number of ether oxygens (including phenoxy) is 5. The van der Waals surface area contributed by atoms with Crippen LogP contribution < -0.4 is 35.9 Å². The van der Waals surface area contributed by atoms with Crippen molar-refractivity contribution in [3.05, 3.63) is 148 Å². The van der Waals surface area contributed by atoms with E-state index in [0.717, 1.165) is 54.3 Å². The van der Waals surface area contributed by atoms with Gasteiger partial charge in [0.2, 0.25) is 17.8 Å². The van der Waals surface area contributed by atoms with Gasteiger partial charge in [0.1, 0.15) is 23.1 Å². The molecule has 4 aromatic carbocycles. The number of anilines is 2. The highest BCUT2D eigenvalue weighted by Crippen LogP contribution is 2.49. The summed E-state index contributed by atoms with van der Waals surface area (Å²) >= 11 is 0. The zero-order valence-electron chi connectivity index (χ0n) is 51.6. The van der Waals surface area contributed by atoms with Gasteiger partial charge in [-0.15, -0.1) is 0 Å². The first-order chi connectivity index (χ1) is 43.0. The number of amides is 4. The number of methoxy groups -OCH3 is 3.